The van der Waals surface area contributed by atoms with Crippen LogP contribution in [0.2, 0.25) is 0 Å². The maximum absolute atomic E-state index is 11.7. The van der Waals surface area contributed by atoms with Crippen LogP contribution in [0.5, 0.6) is 17.2 Å². The zero-order chi connectivity index (χ0) is 18.5. The van der Waals surface area contributed by atoms with E-state index in [1.54, 1.807) is 19.1 Å². The first-order chi connectivity index (χ1) is 12.5. The van der Waals surface area contributed by atoms with Crippen molar-refractivity contribution in [3.05, 3.63) is 48.0 Å². The molecule has 1 atom stereocenters. The summed E-state index contributed by atoms with van der Waals surface area (Å²) in [6.45, 7) is 2.19. The lowest BCUT2D eigenvalue weighted by atomic mass is 10.2. The third-order valence-electron chi connectivity index (χ3n) is 3.70. The molecule has 0 aliphatic carbocycles. The van der Waals surface area contributed by atoms with E-state index in [4.69, 9.17) is 19.9 Å². The van der Waals surface area contributed by atoms with Crippen molar-refractivity contribution >= 4 is 17.6 Å². The van der Waals surface area contributed by atoms with Gasteiger partial charge in [-0.2, -0.15) is 0 Å². The Bertz CT molecular complexity index is 824. The van der Waals surface area contributed by atoms with E-state index >= 15 is 0 Å². The molecule has 4 N–H and O–H groups in total. The summed E-state index contributed by atoms with van der Waals surface area (Å²) in [5, 5.41) is 5.04. The molecule has 1 unspecified atom stereocenters. The number of fused-ring (bicyclic) bond motifs is 1. The van der Waals surface area contributed by atoms with E-state index in [0.717, 1.165) is 11.3 Å². The molecular formula is C18H19N3O5. The lowest BCUT2D eigenvalue weighted by Gasteiger charge is -2.15. The van der Waals surface area contributed by atoms with Gasteiger partial charge < -0.3 is 25.3 Å². The number of nitrogens with two attached hydrogens (primary N) is 1. The molecule has 2 aromatic rings. The molecule has 0 spiro atoms. The van der Waals surface area contributed by atoms with Crippen LogP contribution in [0.1, 0.15) is 12.5 Å². The van der Waals surface area contributed by atoms with Crippen molar-refractivity contribution in [1.29, 1.82) is 0 Å². The summed E-state index contributed by atoms with van der Waals surface area (Å²) in [6, 6.07) is 11.3. The smallest absolute Gasteiger partial charge is 0.318 e. The number of carbonyl (C=O) groups excluding carboxylic acids is 2. The van der Waals surface area contributed by atoms with Gasteiger partial charge in [-0.05, 0) is 36.8 Å². The van der Waals surface area contributed by atoms with Crippen molar-refractivity contribution < 1.29 is 23.8 Å². The zero-order valence-corrected chi connectivity index (χ0v) is 14.2. The number of rotatable bonds is 6. The normalized spacial score (nSPS) is 13.0. The van der Waals surface area contributed by atoms with Crippen molar-refractivity contribution in [2.75, 3.05) is 12.1 Å². The van der Waals surface area contributed by atoms with Crippen molar-refractivity contribution in [2.45, 2.75) is 19.6 Å². The summed E-state index contributed by atoms with van der Waals surface area (Å²) in [6.07, 6.45) is 0. The van der Waals surface area contributed by atoms with Gasteiger partial charge >= 0.3 is 6.03 Å². The van der Waals surface area contributed by atoms with Gasteiger partial charge in [0, 0.05) is 11.8 Å². The third-order valence-corrected chi connectivity index (χ3v) is 3.70. The van der Waals surface area contributed by atoms with E-state index < -0.39 is 18.0 Å². The molecule has 1 aliphatic heterocycles. The average Bonchev–Trinajstić information content (AvgIpc) is 3.07. The van der Waals surface area contributed by atoms with E-state index in [2.05, 4.69) is 5.32 Å². The number of hydrogen-bond acceptors (Lipinski definition) is 6. The van der Waals surface area contributed by atoms with E-state index in [1.165, 1.54) is 0 Å². The molecule has 1 aliphatic rings. The van der Waals surface area contributed by atoms with Crippen LogP contribution in [0.25, 0.3) is 0 Å². The van der Waals surface area contributed by atoms with Gasteiger partial charge in [0.2, 0.25) is 12.7 Å². The first-order valence-corrected chi connectivity index (χ1v) is 7.99. The summed E-state index contributed by atoms with van der Waals surface area (Å²) < 4.78 is 16.4. The number of amides is 3. The number of anilines is 1. The molecule has 8 nitrogen and oxygen atoms in total. The first kappa shape index (κ1) is 17.4. The summed E-state index contributed by atoms with van der Waals surface area (Å²) in [7, 11) is 0. The van der Waals surface area contributed by atoms with Gasteiger partial charge in [0.25, 0.3) is 0 Å². The van der Waals surface area contributed by atoms with Crippen LogP contribution in [-0.2, 0) is 11.4 Å². The van der Waals surface area contributed by atoms with Gasteiger partial charge in [-0.3, -0.25) is 10.1 Å². The minimum atomic E-state index is -0.880. The Morgan fingerprint density at radius 1 is 1.19 bits per heavy atom. The summed E-state index contributed by atoms with van der Waals surface area (Å²) in [5.41, 5.74) is 6.58. The van der Waals surface area contributed by atoms with Gasteiger partial charge in [-0.25, -0.2) is 4.79 Å². The Morgan fingerprint density at radius 3 is 2.81 bits per heavy atom. The first-order valence-electron chi connectivity index (χ1n) is 7.99. The number of urea groups is 1. The summed E-state index contributed by atoms with van der Waals surface area (Å²) in [5.74, 6) is 1.53. The third kappa shape index (κ3) is 4.35. The van der Waals surface area contributed by atoms with Crippen LogP contribution >= 0.6 is 0 Å². The Kier molecular flexibility index (Phi) is 5.12. The van der Waals surface area contributed by atoms with Gasteiger partial charge in [-0.15, -0.1) is 0 Å². The average molecular weight is 357 g/mol. The molecule has 0 saturated carbocycles. The highest BCUT2D eigenvalue weighted by atomic mass is 16.7. The molecule has 3 amide bonds. The van der Waals surface area contributed by atoms with Crippen LogP contribution in [0.15, 0.2) is 42.5 Å². The maximum Gasteiger partial charge on any atom is 0.318 e. The number of nitrogens with one attached hydrogen (secondary N) is 2. The minimum absolute atomic E-state index is 0.216. The molecule has 2 aromatic carbocycles. The highest BCUT2D eigenvalue weighted by molar-refractivity contribution is 5.97. The number of benzene rings is 2. The van der Waals surface area contributed by atoms with E-state index in [1.807, 2.05) is 35.6 Å². The van der Waals surface area contributed by atoms with Crippen molar-refractivity contribution in [3.63, 3.8) is 0 Å². The molecule has 0 bridgehead atoms. The highest BCUT2D eigenvalue weighted by Crippen LogP contribution is 2.35. The fourth-order valence-corrected chi connectivity index (χ4v) is 2.43. The second-order valence-electron chi connectivity index (χ2n) is 5.72. The molecule has 3 rings (SSSR count). The lowest BCUT2D eigenvalue weighted by molar-refractivity contribution is -0.120. The van der Waals surface area contributed by atoms with Crippen LogP contribution in [0.3, 0.4) is 0 Å². The fourth-order valence-electron chi connectivity index (χ4n) is 2.43. The molecule has 26 heavy (non-hydrogen) atoms. The Labute approximate surface area is 150 Å². The largest absolute Gasteiger partial charge is 0.489 e. The molecule has 1 heterocycles. The number of primary amides is 1. The SMILES string of the molecule is CC(Nc1cccc(COc2ccc3c(c2)OCO3)c1)C(=O)NC(N)=O. The van der Waals surface area contributed by atoms with Gasteiger partial charge in [0.1, 0.15) is 18.4 Å². The molecule has 0 aromatic heterocycles. The quantitative estimate of drug-likeness (QED) is 0.729. The van der Waals surface area contributed by atoms with Crippen molar-refractivity contribution in [3.8, 4) is 17.2 Å². The second kappa shape index (κ2) is 7.64. The summed E-state index contributed by atoms with van der Waals surface area (Å²) in [4.78, 5) is 22.5. The van der Waals surface area contributed by atoms with Crippen molar-refractivity contribution in [2.24, 2.45) is 5.73 Å². The number of ether oxygens (including phenoxy) is 3. The standard InChI is InChI=1S/C18H19N3O5/c1-11(17(22)21-18(19)23)20-13-4-2-3-12(7-13)9-24-14-5-6-15-16(8-14)26-10-25-15/h2-8,11,20H,9-10H2,1H3,(H3,19,21,22,23). The van der Waals surface area contributed by atoms with Crippen LogP contribution < -0.4 is 30.6 Å². The zero-order valence-electron chi connectivity index (χ0n) is 14.2. The summed E-state index contributed by atoms with van der Waals surface area (Å²) >= 11 is 0. The van der Waals surface area contributed by atoms with E-state index in [9.17, 15) is 9.59 Å². The van der Waals surface area contributed by atoms with Crippen LogP contribution in [0.4, 0.5) is 10.5 Å². The van der Waals surface area contributed by atoms with Gasteiger partial charge in [0.05, 0.1) is 0 Å². The highest BCUT2D eigenvalue weighted by Gasteiger charge is 2.15. The van der Waals surface area contributed by atoms with Crippen LogP contribution in [0, 0.1) is 0 Å². The Hall–Kier alpha value is -3.42. The molecule has 0 saturated heterocycles. The lowest BCUT2D eigenvalue weighted by Crippen LogP contribution is -2.43. The van der Waals surface area contributed by atoms with Gasteiger partial charge in [-0.1, -0.05) is 12.1 Å². The van der Waals surface area contributed by atoms with E-state index in [-0.39, 0.29) is 6.79 Å². The molecular weight excluding hydrogens is 338 g/mol. The monoisotopic (exact) mass is 357 g/mol. The van der Waals surface area contributed by atoms with Gasteiger partial charge in [0.15, 0.2) is 11.5 Å². The topological polar surface area (TPSA) is 112 Å². The second-order valence-corrected chi connectivity index (χ2v) is 5.72. The van der Waals surface area contributed by atoms with Crippen LogP contribution in [-0.4, -0.2) is 24.8 Å². The minimum Gasteiger partial charge on any atom is -0.489 e. The molecule has 0 radical (unpaired) electrons. The Balaban J connectivity index is 1.59. The number of imide groups is 1. The molecule has 136 valence electrons. The number of hydrogen-bond donors (Lipinski definition) is 3. The predicted octanol–water partition coefficient (Wildman–Crippen LogP) is 1.99. The predicted molar refractivity (Wildman–Crippen MR) is 94.1 cm³/mol. The number of carbonyl (C=O) groups is 2. The Morgan fingerprint density at radius 2 is 2.00 bits per heavy atom. The molecule has 0 fully saturated rings. The van der Waals surface area contributed by atoms with Crippen molar-refractivity contribution in [1.82, 2.24) is 5.32 Å². The fraction of sp³-hybridized carbons (Fsp3) is 0.222. The maximum atomic E-state index is 11.7. The molecule has 8 heteroatoms. The van der Waals surface area contributed by atoms with E-state index in [0.29, 0.717) is 23.9 Å².